The highest BCUT2D eigenvalue weighted by Gasteiger charge is 2.40. The summed E-state index contributed by atoms with van der Waals surface area (Å²) < 4.78 is 0. The first-order valence-corrected chi connectivity index (χ1v) is 6.55. The number of benzene rings is 1. The molecule has 1 aromatic rings. The SMILES string of the molecule is NC(=O)c1ccc(NC2CC3CC=CC32)cc1Cl. The summed E-state index contributed by atoms with van der Waals surface area (Å²) in [7, 11) is 0. The van der Waals surface area contributed by atoms with Crippen molar-refractivity contribution in [1.29, 1.82) is 0 Å². The first kappa shape index (κ1) is 11.6. The Kier molecular flexibility index (Phi) is 2.78. The van der Waals surface area contributed by atoms with Gasteiger partial charge in [-0.1, -0.05) is 23.8 Å². The maximum atomic E-state index is 11.1. The largest absolute Gasteiger partial charge is 0.382 e. The standard InChI is InChI=1S/C14H15ClN2O/c15-12-7-9(4-5-11(12)14(16)18)17-13-6-8-2-1-3-10(8)13/h1,3-5,7-8,10,13,17H,2,6H2,(H2,16,18). The van der Waals surface area contributed by atoms with E-state index in [1.165, 1.54) is 12.8 Å². The van der Waals surface area contributed by atoms with Gasteiger partial charge in [0.15, 0.2) is 0 Å². The number of primary amides is 1. The molecule has 2 aliphatic rings. The number of nitrogens with one attached hydrogen (secondary N) is 1. The van der Waals surface area contributed by atoms with Crippen LogP contribution >= 0.6 is 11.6 Å². The molecule has 2 aliphatic carbocycles. The van der Waals surface area contributed by atoms with Crippen molar-refractivity contribution in [2.24, 2.45) is 17.6 Å². The number of carbonyl (C=O) groups excluding carboxylic acids is 1. The number of halogens is 1. The van der Waals surface area contributed by atoms with Gasteiger partial charge in [-0.25, -0.2) is 0 Å². The molecule has 1 aromatic carbocycles. The van der Waals surface area contributed by atoms with E-state index in [9.17, 15) is 4.79 Å². The molecule has 3 nitrogen and oxygen atoms in total. The normalized spacial score (nSPS) is 28.6. The molecule has 3 unspecified atom stereocenters. The molecule has 3 N–H and O–H groups in total. The molecule has 3 atom stereocenters. The lowest BCUT2D eigenvalue weighted by molar-refractivity contribution is 0.100. The summed E-state index contributed by atoms with van der Waals surface area (Å²) in [6.07, 6.45) is 6.97. The number of fused-ring (bicyclic) bond motifs is 1. The van der Waals surface area contributed by atoms with Gasteiger partial charge in [-0.15, -0.1) is 0 Å². The van der Waals surface area contributed by atoms with Crippen LogP contribution in [0.2, 0.25) is 5.02 Å². The van der Waals surface area contributed by atoms with Crippen LogP contribution in [0.3, 0.4) is 0 Å². The smallest absolute Gasteiger partial charge is 0.250 e. The molecular weight excluding hydrogens is 248 g/mol. The van der Waals surface area contributed by atoms with Crippen LogP contribution in [0.1, 0.15) is 23.2 Å². The second-order valence-electron chi connectivity index (χ2n) is 5.05. The number of anilines is 1. The van der Waals surface area contributed by atoms with E-state index in [4.69, 9.17) is 17.3 Å². The Balaban J connectivity index is 1.72. The molecule has 0 saturated heterocycles. The van der Waals surface area contributed by atoms with Crippen LogP contribution in [0.15, 0.2) is 30.4 Å². The highest BCUT2D eigenvalue weighted by Crippen LogP contribution is 2.44. The Morgan fingerprint density at radius 2 is 2.28 bits per heavy atom. The van der Waals surface area contributed by atoms with E-state index in [2.05, 4.69) is 17.5 Å². The van der Waals surface area contributed by atoms with Crippen molar-refractivity contribution in [1.82, 2.24) is 0 Å². The van der Waals surface area contributed by atoms with E-state index < -0.39 is 5.91 Å². The Hall–Kier alpha value is -1.48. The number of carbonyl (C=O) groups is 1. The van der Waals surface area contributed by atoms with Gasteiger partial charge in [-0.3, -0.25) is 4.79 Å². The molecular formula is C14H15ClN2O. The Bertz CT molecular complexity index is 527. The minimum absolute atomic E-state index is 0.370. The topological polar surface area (TPSA) is 55.1 Å². The van der Waals surface area contributed by atoms with Crippen LogP contribution < -0.4 is 11.1 Å². The second kappa shape index (κ2) is 4.32. The molecule has 94 valence electrons. The van der Waals surface area contributed by atoms with Gasteiger partial charge in [0.1, 0.15) is 0 Å². The predicted octanol–water partition coefficient (Wildman–Crippen LogP) is 2.82. The van der Waals surface area contributed by atoms with Gasteiger partial charge in [0.05, 0.1) is 10.6 Å². The summed E-state index contributed by atoms with van der Waals surface area (Å²) >= 11 is 6.03. The maximum absolute atomic E-state index is 11.1. The molecule has 1 amide bonds. The average molecular weight is 263 g/mol. The van der Waals surface area contributed by atoms with Crippen molar-refractivity contribution in [2.45, 2.75) is 18.9 Å². The van der Waals surface area contributed by atoms with E-state index >= 15 is 0 Å². The van der Waals surface area contributed by atoms with Crippen molar-refractivity contribution in [3.8, 4) is 0 Å². The molecule has 0 aromatic heterocycles. The van der Waals surface area contributed by atoms with Gasteiger partial charge in [0, 0.05) is 17.6 Å². The third-order valence-electron chi connectivity index (χ3n) is 3.95. The summed E-state index contributed by atoms with van der Waals surface area (Å²) in [5.41, 5.74) is 6.54. The summed E-state index contributed by atoms with van der Waals surface area (Å²) in [6, 6.07) is 5.79. The first-order chi connectivity index (χ1) is 8.65. The lowest BCUT2D eigenvalue weighted by Gasteiger charge is -2.41. The molecule has 0 bridgehead atoms. The van der Waals surface area contributed by atoms with Gasteiger partial charge >= 0.3 is 0 Å². The molecule has 1 saturated carbocycles. The molecule has 3 rings (SSSR count). The number of allylic oxidation sites excluding steroid dienone is 1. The Labute approximate surface area is 111 Å². The average Bonchev–Trinajstić information content (AvgIpc) is 2.67. The highest BCUT2D eigenvalue weighted by atomic mass is 35.5. The van der Waals surface area contributed by atoms with E-state index in [0.29, 0.717) is 22.5 Å². The zero-order valence-corrected chi connectivity index (χ0v) is 10.7. The minimum atomic E-state index is -0.492. The van der Waals surface area contributed by atoms with Gasteiger partial charge in [0.2, 0.25) is 5.91 Å². The maximum Gasteiger partial charge on any atom is 0.250 e. The lowest BCUT2D eigenvalue weighted by Crippen LogP contribution is -2.43. The highest BCUT2D eigenvalue weighted by molar-refractivity contribution is 6.34. The third kappa shape index (κ3) is 1.89. The van der Waals surface area contributed by atoms with Crippen LogP contribution in [-0.2, 0) is 0 Å². The first-order valence-electron chi connectivity index (χ1n) is 6.17. The van der Waals surface area contributed by atoms with Crippen LogP contribution in [0.4, 0.5) is 5.69 Å². The Morgan fingerprint density at radius 3 is 2.94 bits per heavy atom. The van der Waals surface area contributed by atoms with E-state index in [-0.39, 0.29) is 0 Å². The van der Waals surface area contributed by atoms with Gasteiger partial charge in [0.25, 0.3) is 0 Å². The summed E-state index contributed by atoms with van der Waals surface area (Å²) in [5.74, 6) is 0.983. The number of nitrogens with two attached hydrogens (primary N) is 1. The second-order valence-corrected chi connectivity index (χ2v) is 5.45. The molecule has 1 fully saturated rings. The third-order valence-corrected chi connectivity index (χ3v) is 4.26. The number of rotatable bonds is 3. The van der Waals surface area contributed by atoms with Crippen molar-refractivity contribution in [3.63, 3.8) is 0 Å². The van der Waals surface area contributed by atoms with Crippen molar-refractivity contribution in [3.05, 3.63) is 40.9 Å². The number of amides is 1. The molecule has 0 aliphatic heterocycles. The number of hydrogen-bond acceptors (Lipinski definition) is 2. The molecule has 4 heteroatoms. The van der Waals surface area contributed by atoms with Crippen LogP contribution in [-0.4, -0.2) is 11.9 Å². The van der Waals surface area contributed by atoms with Crippen molar-refractivity contribution < 1.29 is 4.79 Å². The van der Waals surface area contributed by atoms with E-state index in [1.54, 1.807) is 12.1 Å². The summed E-state index contributed by atoms with van der Waals surface area (Å²) in [5, 5.41) is 3.88. The van der Waals surface area contributed by atoms with Crippen LogP contribution in [0.25, 0.3) is 0 Å². The Morgan fingerprint density at radius 1 is 1.44 bits per heavy atom. The van der Waals surface area contributed by atoms with Crippen molar-refractivity contribution >= 4 is 23.2 Å². The van der Waals surface area contributed by atoms with E-state index in [1.807, 2.05) is 6.07 Å². The zero-order chi connectivity index (χ0) is 12.7. The van der Waals surface area contributed by atoms with E-state index in [0.717, 1.165) is 11.6 Å². The molecule has 0 spiro atoms. The fourth-order valence-electron chi connectivity index (χ4n) is 2.90. The van der Waals surface area contributed by atoms with Crippen LogP contribution in [0, 0.1) is 11.8 Å². The molecule has 18 heavy (non-hydrogen) atoms. The zero-order valence-electron chi connectivity index (χ0n) is 9.90. The number of hydrogen-bond donors (Lipinski definition) is 2. The van der Waals surface area contributed by atoms with Crippen molar-refractivity contribution in [2.75, 3.05) is 5.32 Å². The molecule has 0 heterocycles. The van der Waals surface area contributed by atoms with Gasteiger partial charge < -0.3 is 11.1 Å². The summed E-state index contributed by atoms with van der Waals surface area (Å²) in [4.78, 5) is 11.1. The monoisotopic (exact) mass is 262 g/mol. The van der Waals surface area contributed by atoms with Crippen LogP contribution in [0.5, 0.6) is 0 Å². The minimum Gasteiger partial charge on any atom is -0.382 e. The summed E-state index contributed by atoms with van der Waals surface area (Å²) in [6.45, 7) is 0. The molecule has 0 radical (unpaired) electrons. The fourth-order valence-corrected chi connectivity index (χ4v) is 3.18. The quantitative estimate of drug-likeness (QED) is 0.823. The van der Waals surface area contributed by atoms with Gasteiger partial charge in [-0.05, 0) is 37.0 Å². The predicted molar refractivity (Wildman–Crippen MR) is 72.7 cm³/mol. The lowest BCUT2D eigenvalue weighted by atomic mass is 9.71. The fraction of sp³-hybridized carbons (Fsp3) is 0.357. The van der Waals surface area contributed by atoms with Gasteiger partial charge in [-0.2, -0.15) is 0 Å².